The van der Waals surface area contributed by atoms with E-state index in [0.717, 1.165) is 37.9 Å². The summed E-state index contributed by atoms with van der Waals surface area (Å²) >= 11 is 12.0. The molecule has 0 spiro atoms. The number of nitrogens with zero attached hydrogens (tertiary/aromatic N) is 1. The molecule has 1 N–H and O–H groups in total. The number of hydrogen-bond donors (Lipinski definition) is 1. The second-order valence-electron chi connectivity index (χ2n) is 7.53. The Bertz CT molecular complexity index is 1000. The number of esters is 1. The molecule has 0 bridgehead atoms. The summed E-state index contributed by atoms with van der Waals surface area (Å²) in [6, 6.07) is 10.5. The molecule has 0 saturated carbocycles. The average molecular weight is 501 g/mol. The Kier molecular flexibility index (Phi) is 8.79. The van der Waals surface area contributed by atoms with Crippen LogP contribution in [0.3, 0.4) is 0 Å². The Labute approximate surface area is 198 Å². The molecule has 2 aromatic rings. The molecule has 0 unspecified atom stereocenters. The van der Waals surface area contributed by atoms with Gasteiger partial charge in [-0.15, -0.1) is 0 Å². The molecule has 1 heterocycles. The zero-order valence-electron chi connectivity index (χ0n) is 17.7. The Hall–Kier alpha value is -1.84. The lowest BCUT2D eigenvalue weighted by Crippen LogP contribution is -2.50. The van der Waals surface area contributed by atoms with Gasteiger partial charge < -0.3 is 9.47 Å². The highest BCUT2D eigenvalue weighted by atomic mass is 35.5. The summed E-state index contributed by atoms with van der Waals surface area (Å²) in [7, 11) is -2.50. The number of rotatable bonds is 9. The highest BCUT2D eigenvalue weighted by Crippen LogP contribution is 2.22. The summed E-state index contributed by atoms with van der Waals surface area (Å²) in [5, 5.41) is 1.02. The highest BCUT2D eigenvalue weighted by Gasteiger charge is 2.29. The van der Waals surface area contributed by atoms with Crippen LogP contribution in [0.2, 0.25) is 10.0 Å². The summed E-state index contributed by atoms with van der Waals surface area (Å²) in [6.45, 7) is 1.67. The third-order valence-electron chi connectivity index (χ3n) is 5.23. The van der Waals surface area contributed by atoms with Gasteiger partial charge in [0.25, 0.3) is 0 Å². The lowest BCUT2D eigenvalue weighted by molar-refractivity contribution is -0.147. The minimum Gasteiger partial charge on any atom is -0.489 e. The molecule has 0 radical (unpaired) electrons. The van der Waals surface area contributed by atoms with Crippen LogP contribution in [0.25, 0.3) is 0 Å². The van der Waals surface area contributed by atoms with Crippen LogP contribution in [0.1, 0.15) is 24.8 Å². The first kappa shape index (κ1) is 24.8. The van der Waals surface area contributed by atoms with E-state index in [9.17, 15) is 13.2 Å². The van der Waals surface area contributed by atoms with Gasteiger partial charge in [-0.1, -0.05) is 29.6 Å². The lowest BCUT2D eigenvalue weighted by Gasteiger charge is -2.32. The van der Waals surface area contributed by atoms with E-state index < -0.39 is 22.0 Å². The number of halogens is 2. The topological polar surface area (TPSA) is 84.9 Å². The van der Waals surface area contributed by atoms with E-state index in [4.69, 9.17) is 32.7 Å². The first-order chi connectivity index (χ1) is 15.3. The molecule has 32 heavy (non-hydrogen) atoms. The maximum Gasteiger partial charge on any atom is 0.324 e. The van der Waals surface area contributed by atoms with Gasteiger partial charge in [-0.05, 0) is 74.0 Å². The van der Waals surface area contributed by atoms with Gasteiger partial charge in [0.05, 0.1) is 12.0 Å². The van der Waals surface area contributed by atoms with Gasteiger partial charge in [-0.3, -0.25) is 9.69 Å². The first-order valence-electron chi connectivity index (χ1n) is 10.3. The van der Waals surface area contributed by atoms with Crippen molar-refractivity contribution in [2.24, 2.45) is 0 Å². The number of sulfonamides is 1. The van der Waals surface area contributed by atoms with Crippen molar-refractivity contribution in [1.82, 2.24) is 9.62 Å². The molecule has 1 saturated heterocycles. The maximum atomic E-state index is 12.7. The number of ether oxygens (including phenoxy) is 2. The van der Waals surface area contributed by atoms with Crippen LogP contribution in [-0.2, 0) is 26.2 Å². The molecular formula is C22H26Cl2N2O5S. The van der Waals surface area contributed by atoms with Crippen molar-refractivity contribution >= 4 is 39.2 Å². The van der Waals surface area contributed by atoms with Gasteiger partial charge in [0.1, 0.15) is 18.4 Å². The van der Waals surface area contributed by atoms with Crippen LogP contribution in [-0.4, -0.2) is 52.1 Å². The molecule has 2 aromatic carbocycles. The summed E-state index contributed by atoms with van der Waals surface area (Å²) in [6.07, 6.45) is 3.06. The van der Waals surface area contributed by atoms with E-state index in [1.807, 2.05) is 4.90 Å². The monoisotopic (exact) mass is 500 g/mol. The van der Waals surface area contributed by atoms with Gasteiger partial charge in [0.2, 0.25) is 10.0 Å². The van der Waals surface area contributed by atoms with Crippen molar-refractivity contribution in [2.75, 3.05) is 26.7 Å². The maximum absolute atomic E-state index is 12.7. The van der Waals surface area contributed by atoms with Gasteiger partial charge in [-0.25, -0.2) is 13.1 Å². The number of hydrogen-bond acceptors (Lipinski definition) is 6. The number of carbonyl (C=O) groups is 1. The number of carbonyl (C=O) groups excluding carboxylic acids is 1. The van der Waals surface area contributed by atoms with Crippen LogP contribution >= 0.6 is 23.2 Å². The highest BCUT2D eigenvalue weighted by molar-refractivity contribution is 7.89. The fourth-order valence-electron chi connectivity index (χ4n) is 3.58. The second-order valence-corrected chi connectivity index (χ2v) is 10.2. The molecule has 1 atom stereocenters. The van der Waals surface area contributed by atoms with Crippen molar-refractivity contribution in [3.8, 4) is 5.75 Å². The fraction of sp³-hybridized carbons (Fsp3) is 0.409. The fourth-order valence-corrected chi connectivity index (χ4v) is 5.19. The third-order valence-corrected chi connectivity index (χ3v) is 7.11. The summed E-state index contributed by atoms with van der Waals surface area (Å²) in [5.41, 5.74) is 0.799. The predicted octanol–water partition coefficient (Wildman–Crippen LogP) is 3.88. The molecule has 3 rings (SSSR count). The van der Waals surface area contributed by atoms with Crippen LogP contribution < -0.4 is 9.46 Å². The van der Waals surface area contributed by atoms with Crippen molar-refractivity contribution < 1.29 is 22.7 Å². The zero-order chi connectivity index (χ0) is 23.1. The van der Waals surface area contributed by atoms with E-state index in [-0.39, 0.29) is 18.0 Å². The molecule has 7 nitrogen and oxygen atoms in total. The van der Waals surface area contributed by atoms with E-state index >= 15 is 0 Å². The Morgan fingerprint density at radius 1 is 1.06 bits per heavy atom. The molecule has 174 valence electrons. The molecule has 0 amide bonds. The number of methoxy groups -OCH3 is 1. The average Bonchev–Trinajstić information content (AvgIpc) is 2.78. The molecule has 1 aliphatic heterocycles. The smallest absolute Gasteiger partial charge is 0.324 e. The quantitative estimate of drug-likeness (QED) is 0.525. The number of nitrogens with one attached hydrogen (secondary N) is 1. The van der Waals surface area contributed by atoms with Crippen LogP contribution in [0.5, 0.6) is 5.75 Å². The SMILES string of the molecule is COC(=O)[C@H](CNS(=O)(=O)c1ccc(OCc2cc(Cl)cc(Cl)c2)cc1)N1CCCCC1. The predicted molar refractivity (Wildman–Crippen MR) is 124 cm³/mol. The first-order valence-corrected chi connectivity index (χ1v) is 12.5. The lowest BCUT2D eigenvalue weighted by atomic mass is 10.1. The van der Waals surface area contributed by atoms with Crippen LogP contribution in [0, 0.1) is 0 Å². The summed E-state index contributed by atoms with van der Waals surface area (Å²) in [4.78, 5) is 14.3. The summed E-state index contributed by atoms with van der Waals surface area (Å²) < 4.78 is 38.6. The Morgan fingerprint density at radius 2 is 1.69 bits per heavy atom. The number of likely N-dealkylation sites (tertiary alicyclic amines) is 1. The van der Waals surface area contributed by atoms with Crippen molar-refractivity contribution in [2.45, 2.75) is 36.8 Å². The molecular weight excluding hydrogens is 475 g/mol. The largest absolute Gasteiger partial charge is 0.489 e. The van der Waals surface area contributed by atoms with Crippen molar-refractivity contribution in [1.29, 1.82) is 0 Å². The van der Waals surface area contributed by atoms with E-state index in [1.54, 1.807) is 30.3 Å². The van der Waals surface area contributed by atoms with Gasteiger partial charge >= 0.3 is 5.97 Å². The molecule has 0 aliphatic carbocycles. The van der Waals surface area contributed by atoms with Crippen molar-refractivity contribution in [3.05, 3.63) is 58.1 Å². The Balaban J connectivity index is 1.61. The number of piperidine rings is 1. The van der Waals surface area contributed by atoms with Crippen molar-refractivity contribution in [3.63, 3.8) is 0 Å². The molecule has 1 aliphatic rings. The third kappa shape index (κ3) is 6.83. The minimum atomic E-state index is -3.81. The number of benzene rings is 2. The van der Waals surface area contributed by atoms with Crippen LogP contribution in [0.15, 0.2) is 47.4 Å². The van der Waals surface area contributed by atoms with Gasteiger partial charge in [0, 0.05) is 16.6 Å². The van der Waals surface area contributed by atoms with Gasteiger partial charge in [-0.2, -0.15) is 0 Å². The standard InChI is InChI=1S/C22H26Cl2N2O5S/c1-30-22(27)21(26-9-3-2-4-10-26)14-25-32(28,29)20-7-5-19(6-8-20)31-15-16-11-17(23)13-18(24)12-16/h5-8,11-13,21,25H,2-4,9-10,14-15H2,1H3/t21-/m0/s1. The summed E-state index contributed by atoms with van der Waals surface area (Å²) in [5.74, 6) is 0.0558. The molecule has 0 aromatic heterocycles. The second kappa shape index (κ2) is 11.3. The Morgan fingerprint density at radius 3 is 2.28 bits per heavy atom. The zero-order valence-corrected chi connectivity index (χ0v) is 20.0. The van der Waals surface area contributed by atoms with Gasteiger partial charge in [0.15, 0.2) is 0 Å². The molecule has 1 fully saturated rings. The minimum absolute atomic E-state index is 0.0528. The van der Waals surface area contributed by atoms with E-state index in [2.05, 4.69) is 4.72 Å². The molecule has 10 heteroatoms. The van der Waals surface area contributed by atoms with Crippen LogP contribution in [0.4, 0.5) is 0 Å². The normalized spacial score (nSPS) is 15.8. The van der Waals surface area contributed by atoms with E-state index in [1.165, 1.54) is 19.2 Å². The van der Waals surface area contributed by atoms with E-state index in [0.29, 0.717) is 15.8 Å².